The van der Waals surface area contributed by atoms with Crippen molar-refractivity contribution < 1.29 is 43.9 Å². The topological polar surface area (TPSA) is 140 Å². The maximum Gasteiger partial charge on any atom is 0.336 e. The highest BCUT2D eigenvalue weighted by Crippen LogP contribution is 2.22. The molecule has 0 spiro atoms. The summed E-state index contributed by atoms with van der Waals surface area (Å²) in [6.45, 7) is 15.2. The SMILES string of the molecule is CC(/C=C/C=C(C)/C=C/C=C(\C)C(=O)O)=C\C=C\C=C(C)\C=C\C=C(C)\C=C\C=C(/C)C(=O)O[C@@H]1OC[C@@H](O)[C@H](O)[C@H]1OC(=O)CCCCCCCCCC(C)C. The third-order valence-corrected chi connectivity index (χ3v) is 8.92. The average molecular weight is 789 g/mol. The predicted molar refractivity (Wildman–Crippen MR) is 230 cm³/mol. The minimum absolute atomic E-state index is 0.167. The molecule has 3 N–H and O–H groups in total. The number of ether oxygens (including phenoxy) is 3. The lowest BCUT2D eigenvalue weighted by molar-refractivity contribution is -0.267. The molecule has 1 rings (SSSR count). The Morgan fingerprint density at radius 2 is 1.05 bits per heavy atom. The van der Waals surface area contributed by atoms with Gasteiger partial charge < -0.3 is 29.5 Å². The molecule has 1 aliphatic heterocycles. The number of allylic oxidation sites excluding steroid dienone is 20. The monoisotopic (exact) mass is 788 g/mol. The Hall–Kier alpha value is -4.57. The molecule has 0 bridgehead atoms. The third-order valence-electron chi connectivity index (χ3n) is 8.92. The molecule has 0 amide bonds. The van der Waals surface area contributed by atoms with E-state index in [1.54, 1.807) is 38.2 Å². The number of esters is 2. The highest BCUT2D eigenvalue weighted by atomic mass is 16.7. The molecule has 314 valence electrons. The fraction of sp³-hybridized carbons (Fsp3) is 0.479. The van der Waals surface area contributed by atoms with Crippen LogP contribution in [0.4, 0.5) is 0 Å². The summed E-state index contributed by atoms with van der Waals surface area (Å²) in [5.74, 6) is -1.42. The van der Waals surface area contributed by atoms with Gasteiger partial charge in [0.25, 0.3) is 0 Å². The van der Waals surface area contributed by atoms with Gasteiger partial charge in [-0.15, -0.1) is 0 Å². The van der Waals surface area contributed by atoms with Crippen molar-refractivity contribution >= 4 is 17.9 Å². The molecule has 57 heavy (non-hydrogen) atoms. The molecule has 4 atom stereocenters. The number of aliphatic hydroxyl groups excluding tert-OH is 2. The molecule has 9 heteroatoms. The molecule has 0 saturated carbocycles. The van der Waals surface area contributed by atoms with Crippen LogP contribution in [0, 0.1) is 5.92 Å². The van der Waals surface area contributed by atoms with Crippen LogP contribution in [0.15, 0.2) is 131 Å². The maximum absolute atomic E-state index is 12.9. The predicted octanol–water partition coefficient (Wildman–Crippen LogP) is 10.2. The Morgan fingerprint density at radius 3 is 1.54 bits per heavy atom. The van der Waals surface area contributed by atoms with Gasteiger partial charge >= 0.3 is 17.9 Å². The van der Waals surface area contributed by atoms with Crippen molar-refractivity contribution in [2.75, 3.05) is 6.61 Å². The largest absolute Gasteiger partial charge is 0.478 e. The second-order valence-corrected chi connectivity index (χ2v) is 15.0. The van der Waals surface area contributed by atoms with Crippen LogP contribution in [0.3, 0.4) is 0 Å². The number of hydrogen-bond donors (Lipinski definition) is 3. The molecule has 1 heterocycles. The number of aliphatic hydroxyl groups is 2. The van der Waals surface area contributed by atoms with E-state index in [-0.39, 0.29) is 24.2 Å². The van der Waals surface area contributed by atoms with Gasteiger partial charge in [-0.1, -0.05) is 178 Å². The third kappa shape index (κ3) is 24.6. The Kier molecular flexibility index (Phi) is 26.2. The van der Waals surface area contributed by atoms with E-state index in [9.17, 15) is 24.6 Å². The van der Waals surface area contributed by atoms with Crippen LogP contribution in [0.5, 0.6) is 0 Å². The quantitative estimate of drug-likeness (QED) is 0.0377. The van der Waals surface area contributed by atoms with E-state index in [4.69, 9.17) is 19.3 Å². The van der Waals surface area contributed by atoms with Gasteiger partial charge in [0, 0.05) is 17.6 Å². The summed E-state index contributed by atoms with van der Waals surface area (Å²) in [5.41, 5.74) is 4.64. The van der Waals surface area contributed by atoms with Crippen LogP contribution >= 0.6 is 0 Å². The highest BCUT2D eigenvalue weighted by Gasteiger charge is 2.43. The lowest BCUT2D eigenvalue weighted by Crippen LogP contribution is -2.56. The lowest BCUT2D eigenvalue weighted by atomic mass is 10.0. The Morgan fingerprint density at radius 1 is 0.614 bits per heavy atom. The van der Waals surface area contributed by atoms with E-state index in [2.05, 4.69) is 13.8 Å². The summed E-state index contributed by atoms with van der Waals surface area (Å²) in [6, 6.07) is 0. The summed E-state index contributed by atoms with van der Waals surface area (Å²) in [7, 11) is 0. The Labute approximate surface area is 342 Å². The molecule has 9 nitrogen and oxygen atoms in total. The zero-order valence-corrected chi connectivity index (χ0v) is 35.5. The summed E-state index contributed by atoms with van der Waals surface area (Å²) in [6.07, 6.45) is 33.4. The number of carboxylic acid groups (broad SMARTS) is 1. The van der Waals surface area contributed by atoms with Crippen LogP contribution in [-0.2, 0) is 28.6 Å². The summed E-state index contributed by atoms with van der Waals surface area (Å²) in [4.78, 5) is 36.3. The van der Waals surface area contributed by atoms with Crippen molar-refractivity contribution in [3.05, 3.63) is 131 Å². The molecule has 0 aromatic carbocycles. The van der Waals surface area contributed by atoms with Gasteiger partial charge in [-0.05, 0) is 53.9 Å². The molecule has 0 aliphatic carbocycles. The van der Waals surface area contributed by atoms with E-state index in [1.807, 2.05) is 101 Å². The molecule has 1 saturated heterocycles. The van der Waals surface area contributed by atoms with Gasteiger partial charge in [-0.2, -0.15) is 0 Å². The van der Waals surface area contributed by atoms with Crippen molar-refractivity contribution in [1.29, 1.82) is 0 Å². The number of carbonyl (C=O) groups excluding carboxylic acids is 2. The summed E-state index contributed by atoms with van der Waals surface area (Å²) >= 11 is 0. The minimum Gasteiger partial charge on any atom is -0.478 e. The van der Waals surface area contributed by atoms with Gasteiger partial charge in [0.15, 0.2) is 6.10 Å². The first-order chi connectivity index (χ1) is 27.1. The van der Waals surface area contributed by atoms with E-state index in [0.717, 1.165) is 47.5 Å². The molecule has 0 aromatic rings. The maximum atomic E-state index is 12.9. The van der Waals surface area contributed by atoms with Gasteiger partial charge in [0.2, 0.25) is 6.29 Å². The first-order valence-corrected chi connectivity index (χ1v) is 20.1. The van der Waals surface area contributed by atoms with Crippen molar-refractivity contribution in [3.63, 3.8) is 0 Å². The standard InChI is InChI=1S/C48H68O9/c1-35(2)22-14-12-10-9-11-13-15-33-43(50)56-45-44(51)42(49)34-55-48(45)57-47(54)41(8)32-21-30-39(6)28-19-26-37(4)24-17-16-23-36(3)25-18-27-38(5)29-20-31-40(7)46(52)53/h16-21,23-32,35,42,44-45,48-49,51H,9-15,22,33-34H2,1-8H3,(H,52,53)/b17-16+,25-18+,26-19+,29-20+,30-21+,36-23+,37-24+,38-27+,39-28+,40-31+,41-32+/t42-,44+,45-,48+/m1/s1. The number of aliphatic carboxylic acids is 1. The number of rotatable bonds is 24. The normalized spacial score (nSPS) is 21.0. The summed E-state index contributed by atoms with van der Waals surface area (Å²) < 4.78 is 16.4. The smallest absolute Gasteiger partial charge is 0.336 e. The fourth-order valence-corrected chi connectivity index (χ4v) is 5.28. The first-order valence-electron chi connectivity index (χ1n) is 20.1. The Bertz CT molecular complexity index is 1610. The summed E-state index contributed by atoms with van der Waals surface area (Å²) in [5, 5.41) is 29.6. The van der Waals surface area contributed by atoms with Gasteiger partial charge in [-0.3, -0.25) is 4.79 Å². The molecule has 0 unspecified atom stereocenters. The van der Waals surface area contributed by atoms with Crippen LogP contribution in [0.2, 0.25) is 0 Å². The van der Waals surface area contributed by atoms with Crippen molar-refractivity contribution in [1.82, 2.24) is 0 Å². The van der Waals surface area contributed by atoms with Crippen LogP contribution in [0.25, 0.3) is 0 Å². The van der Waals surface area contributed by atoms with Crippen LogP contribution in [0.1, 0.15) is 113 Å². The van der Waals surface area contributed by atoms with Crippen LogP contribution < -0.4 is 0 Å². The van der Waals surface area contributed by atoms with E-state index in [0.29, 0.717) is 6.42 Å². The molecular formula is C48H68O9. The van der Waals surface area contributed by atoms with Gasteiger partial charge in [-0.25, -0.2) is 9.59 Å². The van der Waals surface area contributed by atoms with Crippen LogP contribution in [-0.4, -0.2) is 64.4 Å². The molecule has 0 radical (unpaired) electrons. The zero-order valence-electron chi connectivity index (χ0n) is 35.5. The first kappa shape index (κ1) is 50.4. The van der Waals surface area contributed by atoms with Crippen molar-refractivity contribution in [3.8, 4) is 0 Å². The second kappa shape index (κ2) is 29.6. The van der Waals surface area contributed by atoms with E-state index < -0.39 is 42.5 Å². The number of carbonyl (C=O) groups is 3. The highest BCUT2D eigenvalue weighted by molar-refractivity contribution is 5.88. The van der Waals surface area contributed by atoms with Gasteiger partial charge in [0.05, 0.1) is 6.61 Å². The Balaban J connectivity index is 2.61. The molecule has 1 aliphatic rings. The fourth-order valence-electron chi connectivity index (χ4n) is 5.28. The van der Waals surface area contributed by atoms with Gasteiger partial charge in [0.1, 0.15) is 12.2 Å². The zero-order chi connectivity index (χ0) is 42.6. The number of unbranched alkanes of at least 4 members (excludes halogenated alkanes) is 6. The minimum atomic E-state index is -1.45. The molecule has 0 aromatic heterocycles. The number of carboxylic acids is 1. The second-order valence-electron chi connectivity index (χ2n) is 15.0. The number of hydrogen-bond acceptors (Lipinski definition) is 8. The molecular weight excluding hydrogens is 721 g/mol. The van der Waals surface area contributed by atoms with E-state index >= 15 is 0 Å². The lowest BCUT2D eigenvalue weighted by Gasteiger charge is -2.36. The average Bonchev–Trinajstić information content (AvgIpc) is 3.15. The van der Waals surface area contributed by atoms with Crippen molar-refractivity contribution in [2.24, 2.45) is 5.92 Å². The van der Waals surface area contributed by atoms with E-state index in [1.165, 1.54) is 25.7 Å². The molecule has 1 fully saturated rings. The van der Waals surface area contributed by atoms with Crippen molar-refractivity contribution in [2.45, 2.75) is 138 Å².